The molecule has 196 valence electrons. The largest absolute Gasteiger partial charge is 0.456 e. The summed E-state index contributed by atoms with van der Waals surface area (Å²) in [6.07, 6.45) is -1.53. The third kappa shape index (κ3) is 6.40. The van der Waals surface area contributed by atoms with E-state index in [1.54, 1.807) is 0 Å². The van der Waals surface area contributed by atoms with Crippen molar-refractivity contribution in [2.75, 3.05) is 0 Å². The van der Waals surface area contributed by atoms with Crippen LogP contribution >= 0.6 is 197 Å². The summed E-state index contributed by atoms with van der Waals surface area (Å²) in [7, 11) is 0. The Bertz CT molecular complexity index is 764. The van der Waals surface area contributed by atoms with Crippen molar-refractivity contribution in [3.05, 3.63) is 12.2 Å². The number of hydrogen-bond acceptors (Lipinski definition) is 2. The molecule has 33 heavy (non-hydrogen) atoms. The number of rotatable bonds is 9. The fraction of sp³-hybridized carbons (Fsp3) is 0.786. The van der Waals surface area contributed by atoms with E-state index in [-0.39, 0.29) is 5.57 Å². The molecule has 1 atom stereocenters. The van der Waals surface area contributed by atoms with Crippen LogP contribution in [0.3, 0.4) is 0 Å². The monoisotopic (exact) mass is 804 g/mol. The molecule has 0 aliphatic carbocycles. The molecule has 0 aliphatic rings. The fourth-order valence-corrected chi connectivity index (χ4v) is 6.98. The maximum Gasteiger partial charge on any atom is 0.333 e. The summed E-state index contributed by atoms with van der Waals surface area (Å²) < 4.78 is -18.1. The first kappa shape index (κ1) is 37.1. The maximum absolute atomic E-state index is 11.9. The zero-order valence-corrected chi connectivity index (χ0v) is 28.4. The number of alkyl halides is 17. The fourth-order valence-electron chi connectivity index (χ4n) is 1.77. The lowest BCUT2D eigenvalue weighted by molar-refractivity contribution is -0.144. The summed E-state index contributed by atoms with van der Waals surface area (Å²) in [5, 5.41) is 0. The van der Waals surface area contributed by atoms with Gasteiger partial charge in [0.2, 0.25) is 8.13 Å². The summed E-state index contributed by atoms with van der Waals surface area (Å²) in [5.41, 5.74) is -0.0189. The first-order valence-electron chi connectivity index (χ1n) is 7.58. The zero-order chi connectivity index (χ0) is 27.4. The number of carbonyl (C=O) groups is 1. The summed E-state index contributed by atoms with van der Waals surface area (Å²) in [6.45, 7) is 5.92. The Balaban J connectivity index is 6.70. The molecule has 0 aliphatic heterocycles. The Morgan fingerprint density at radius 2 is 0.879 bits per heavy atom. The van der Waals surface area contributed by atoms with Crippen LogP contribution in [0, 0.1) is 0 Å². The van der Waals surface area contributed by atoms with Crippen LogP contribution in [-0.4, -0.2) is 46.2 Å². The second kappa shape index (κ2) is 11.6. The Morgan fingerprint density at radius 1 is 0.606 bits per heavy atom. The molecule has 0 N–H and O–H groups in total. The van der Waals surface area contributed by atoms with E-state index in [1.165, 1.54) is 13.8 Å². The molecule has 0 fully saturated rings. The van der Waals surface area contributed by atoms with Gasteiger partial charge in [-0.2, -0.15) is 0 Å². The van der Waals surface area contributed by atoms with Gasteiger partial charge in [-0.05, 0) is 13.8 Å². The minimum atomic E-state index is -3.09. The maximum atomic E-state index is 11.9. The number of ether oxygens (including phenoxy) is 1. The Labute approximate surface area is 275 Å². The molecule has 0 aromatic rings. The van der Waals surface area contributed by atoms with Crippen molar-refractivity contribution in [3.8, 4) is 0 Å². The van der Waals surface area contributed by atoms with Crippen molar-refractivity contribution in [2.45, 2.75) is 54.1 Å². The van der Waals surface area contributed by atoms with Gasteiger partial charge >= 0.3 is 5.97 Å². The van der Waals surface area contributed by atoms with E-state index >= 15 is 0 Å². The van der Waals surface area contributed by atoms with Crippen LogP contribution in [0.4, 0.5) is 0 Å². The third-order valence-corrected chi connectivity index (χ3v) is 15.7. The molecule has 2 nitrogen and oxygen atoms in total. The van der Waals surface area contributed by atoms with Gasteiger partial charge in [0, 0.05) is 5.57 Å². The van der Waals surface area contributed by atoms with Crippen molar-refractivity contribution in [3.63, 3.8) is 0 Å². The molecular weight excluding hydrogens is 803 g/mol. The van der Waals surface area contributed by atoms with Crippen LogP contribution in [0.15, 0.2) is 12.2 Å². The first-order chi connectivity index (χ1) is 14.0. The van der Waals surface area contributed by atoms with Crippen LogP contribution in [0.1, 0.15) is 13.8 Å². The van der Waals surface area contributed by atoms with Crippen molar-refractivity contribution < 1.29 is 9.53 Å². The first-order valence-corrected chi connectivity index (χ1v) is 14.0. The van der Waals surface area contributed by atoms with E-state index in [4.69, 9.17) is 202 Å². The van der Waals surface area contributed by atoms with Crippen molar-refractivity contribution >= 4 is 203 Å². The van der Waals surface area contributed by atoms with E-state index in [2.05, 4.69) is 6.58 Å². The average molecular weight is 812 g/mol. The summed E-state index contributed by atoms with van der Waals surface area (Å²) in [5.74, 6) is -0.920. The van der Waals surface area contributed by atoms with Gasteiger partial charge in [0.15, 0.2) is 26.0 Å². The lowest BCUT2D eigenvalue weighted by atomic mass is 10.0. The van der Waals surface area contributed by atoms with Crippen LogP contribution < -0.4 is 0 Å². The zero-order valence-electron chi connectivity index (χ0n) is 15.5. The minimum Gasteiger partial charge on any atom is -0.456 e. The highest BCUT2D eigenvalue weighted by molar-refractivity contribution is 6.83. The smallest absolute Gasteiger partial charge is 0.333 e. The quantitative estimate of drug-likeness (QED) is 0.132. The number of carbonyl (C=O) groups excluding carboxylic acids is 1. The van der Waals surface area contributed by atoms with Crippen LogP contribution in [0.5, 0.6) is 0 Å². The minimum absolute atomic E-state index is 0.0189. The normalized spacial score (nSPS) is 16.5. The SMILES string of the molecule is C=C(C)C(=O)OC(C)C(Cl)(Cl)C(Cl)(Cl)C(Cl)(Cl)C(Cl)(Cl)C(Cl)(Cl)C(Cl)(Cl)C(Cl)(Cl)C(Cl)(Cl)Cl. The van der Waals surface area contributed by atoms with E-state index in [0.717, 1.165) is 0 Å². The lowest BCUT2D eigenvalue weighted by Gasteiger charge is -2.54. The van der Waals surface area contributed by atoms with Crippen molar-refractivity contribution in [1.29, 1.82) is 0 Å². The van der Waals surface area contributed by atoms with Gasteiger partial charge < -0.3 is 4.74 Å². The molecule has 0 bridgehead atoms. The molecule has 0 heterocycles. The van der Waals surface area contributed by atoms with Gasteiger partial charge in [-0.1, -0.05) is 204 Å². The lowest BCUT2D eigenvalue weighted by Crippen LogP contribution is -2.71. The highest BCUT2D eigenvalue weighted by Gasteiger charge is 2.81. The second-order valence-electron chi connectivity index (χ2n) is 6.39. The molecule has 0 radical (unpaired) electrons. The molecule has 0 spiro atoms. The molecule has 0 aromatic heterocycles. The number of halogens is 17. The van der Waals surface area contributed by atoms with Crippen molar-refractivity contribution in [1.82, 2.24) is 0 Å². The molecular formula is C14H9Cl17O2. The predicted molar refractivity (Wildman–Crippen MR) is 152 cm³/mol. The van der Waals surface area contributed by atoms with Gasteiger partial charge in [0.25, 0.3) is 0 Å². The van der Waals surface area contributed by atoms with E-state index in [1.807, 2.05) is 0 Å². The van der Waals surface area contributed by atoms with E-state index in [9.17, 15) is 4.79 Å². The van der Waals surface area contributed by atoms with Gasteiger partial charge in [0.05, 0.1) is 0 Å². The van der Waals surface area contributed by atoms with Gasteiger partial charge in [0.1, 0.15) is 6.10 Å². The number of esters is 1. The molecule has 0 aromatic carbocycles. The van der Waals surface area contributed by atoms with Gasteiger partial charge in [-0.15, -0.1) is 0 Å². The average Bonchev–Trinajstić information content (AvgIpc) is 2.59. The third-order valence-electron chi connectivity index (χ3n) is 3.89. The van der Waals surface area contributed by atoms with Crippen LogP contribution in [0.25, 0.3) is 0 Å². The standard InChI is InChI=1S/C14H9Cl17O2/c1-4(2)6(32)33-5(3)7(15,16)8(17,18)9(19,20)10(21,22)11(23,24)12(25,26)13(27,28)14(29,30)31/h5H,1H2,2-3H3. The molecule has 0 rings (SSSR count). The highest BCUT2D eigenvalue weighted by atomic mass is 35.6. The van der Waals surface area contributed by atoms with Crippen molar-refractivity contribution in [2.24, 2.45) is 0 Å². The van der Waals surface area contributed by atoms with E-state index in [0.29, 0.717) is 0 Å². The predicted octanol–water partition coefficient (Wildman–Crippen LogP) is 11.1. The Kier molecular flexibility index (Phi) is 13.0. The molecule has 0 amide bonds. The summed E-state index contributed by atoms with van der Waals surface area (Å²) >= 11 is 105. The number of hydrogen-bond donors (Lipinski definition) is 0. The molecule has 19 heteroatoms. The van der Waals surface area contributed by atoms with Crippen LogP contribution in [0.2, 0.25) is 0 Å². The summed E-state index contributed by atoms with van der Waals surface area (Å²) in [6, 6.07) is 0. The topological polar surface area (TPSA) is 26.3 Å². The summed E-state index contributed by atoms with van der Waals surface area (Å²) in [4.78, 5) is 11.9. The molecule has 0 saturated heterocycles. The highest BCUT2D eigenvalue weighted by Crippen LogP contribution is 2.72. The van der Waals surface area contributed by atoms with Crippen LogP contribution in [-0.2, 0) is 9.53 Å². The molecule has 0 saturated carbocycles. The van der Waals surface area contributed by atoms with E-state index < -0.39 is 46.2 Å². The molecule has 1 unspecified atom stereocenters. The van der Waals surface area contributed by atoms with Gasteiger partial charge in [-0.25, -0.2) is 4.79 Å². The second-order valence-corrected chi connectivity index (χ2v) is 18.0. The Hall–Kier alpha value is 4.14. The van der Waals surface area contributed by atoms with Gasteiger partial charge in [-0.3, -0.25) is 0 Å². The Morgan fingerprint density at radius 3 is 1.15 bits per heavy atom.